The summed E-state index contributed by atoms with van der Waals surface area (Å²) in [6, 6.07) is 5.11. The monoisotopic (exact) mass is 366 g/mol. The molecule has 0 saturated carbocycles. The van der Waals surface area contributed by atoms with Crippen LogP contribution in [0.15, 0.2) is 23.0 Å². The maximum atomic E-state index is 13.9. The largest absolute Gasteiger partial charge is 0.417 e. The predicted molar refractivity (Wildman–Crippen MR) is 97.7 cm³/mol. The van der Waals surface area contributed by atoms with Gasteiger partial charge in [-0.25, -0.2) is 0 Å². The van der Waals surface area contributed by atoms with Gasteiger partial charge >= 0.3 is 6.18 Å². The summed E-state index contributed by atoms with van der Waals surface area (Å²) in [5, 5.41) is 0.127. The fourth-order valence-corrected chi connectivity index (χ4v) is 3.91. The second-order valence-corrected chi connectivity index (χ2v) is 7.46. The summed E-state index contributed by atoms with van der Waals surface area (Å²) in [6.07, 6.45) is -1.46. The molecule has 3 nitrogen and oxygen atoms in total. The number of hydrogen-bond donors (Lipinski definition) is 0. The van der Waals surface area contributed by atoms with Gasteiger partial charge in [-0.05, 0) is 56.0 Å². The molecule has 0 unspecified atom stereocenters. The third kappa shape index (κ3) is 3.52. The average molecular weight is 366 g/mol. The van der Waals surface area contributed by atoms with E-state index in [9.17, 15) is 18.0 Å². The van der Waals surface area contributed by atoms with Gasteiger partial charge in [0.1, 0.15) is 0 Å². The Kier molecular flexibility index (Phi) is 5.15. The summed E-state index contributed by atoms with van der Waals surface area (Å²) in [5.74, 6) is -0.497. The van der Waals surface area contributed by atoms with E-state index >= 15 is 0 Å². The van der Waals surface area contributed by atoms with Crippen molar-refractivity contribution in [3.63, 3.8) is 0 Å². The number of likely N-dealkylation sites (tertiary alicyclic amines) is 1. The molecule has 6 heteroatoms. The summed E-state index contributed by atoms with van der Waals surface area (Å²) >= 11 is 0. The maximum Gasteiger partial charge on any atom is 0.417 e. The molecule has 3 rings (SSSR count). The fourth-order valence-electron chi connectivity index (χ4n) is 3.91. The lowest BCUT2D eigenvalue weighted by molar-refractivity contribution is -0.137. The Balaban J connectivity index is 2.13. The SMILES string of the molecule is CC(C)c1c(C(F)(F)F)c2cc(CCN3CCCC3)ccc2n(C)c1=O. The van der Waals surface area contributed by atoms with Crippen LogP contribution in [0.4, 0.5) is 13.2 Å². The number of nitrogens with zero attached hydrogens (tertiary/aromatic N) is 2. The Bertz CT molecular complexity index is 862. The highest BCUT2D eigenvalue weighted by molar-refractivity contribution is 5.85. The zero-order valence-corrected chi connectivity index (χ0v) is 15.5. The number of fused-ring (bicyclic) bond motifs is 1. The molecule has 1 aromatic carbocycles. The molecule has 2 heterocycles. The summed E-state index contributed by atoms with van der Waals surface area (Å²) in [4.78, 5) is 14.9. The van der Waals surface area contributed by atoms with Gasteiger partial charge in [-0.15, -0.1) is 0 Å². The van der Waals surface area contributed by atoms with E-state index in [-0.39, 0.29) is 10.9 Å². The van der Waals surface area contributed by atoms with E-state index in [0.717, 1.165) is 25.2 Å². The van der Waals surface area contributed by atoms with Crippen LogP contribution in [-0.4, -0.2) is 29.1 Å². The highest BCUT2D eigenvalue weighted by Gasteiger charge is 2.38. The Labute approximate surface area is 151 Å². The normalized spacial score (nSPS) is 16.1. The van der Waals surface area contributed by atoms with Gasteiger partial charge in [-0.1, -0.05) is 19.9 Å². The zero-order valence-electron chi connectivity index (χ0n) is 15.5. The molecule has 2 aromatic rings. The van der Waals surface area contributed by atoms with E-state index in [1.807, 2.05) is 6.07 Å². The minimum Gasteiger partial charge on any atom is -0.311 e. The van der Waals surface area contributed by atoms with E-state index in [2.05, 4.69) is 4.90 Å². The molecule has 1 aromatic heterocycles. The zero-order chi connectivity index (χ0) is 19.1. The van der Waals surface area contributed by atoms with Crippen molar-refractivity contribution in [1.82, 2.24) is 9.47 Å². The van der Waals surface area contributed by atoms with E-state index in [0.29, 0.717) is 11.9 Å². The van der Waals surface area contributed by atoms with Crippen molar-refractivity contribution in [3.05, 3.63) is 45.2 Å². The second-order valence-electron chi connectivity index (χ2n) is 7.46. The van der Waals surface area contributed by atoms with Crippen LogP contribution < -0.4 is 5.56 Å². The maximum absolute atomic E-state index is 13.9. The Hall–Kier alpha value is -1.82. The van der Waals surface area contributed by atoms with E-state index in [1.54, 1.807) is 33.0 Å². The number of pyridine rings is 1. The van der Waals surface area contributed by atoms with Crippen molar-refractivity contribution >= 4 is 10.9 Å². The van der Waals surface area contributed by atoms with Gasteiger partial charge in [0.25, 0.3) is 5.56 Å². The first-order valence-corrected chi connectivity index (χ1v) is 9.15. The van der Waals surface area contributed by atoms with Crippen LogP contribution >= 0.6 is 0 Å². The molecule has 0 N–H and O–H groups in total. The Morgan fingerprint density at radius 3 is 2.38 bits per heavy atom. The lowest BCUT2D eigenvalue weighted by atomic mass is 9.93. The third-order valence-corrected chi connectivity index (χ3v) is 5.27. The van der Waals surface area contributed by atoms with E-state index < -0.39 is 23.2 Å². The molecule has 0 bridgehead atoms. The highest BCUT2D eigenvalue weighted by atomic mass is 19.4. The highest BCUT2D eigenvalue weighted by Crippen LogP contribution is 2.38. The van der Waals surface area contributed by atoms with Crippen molar-refractivity contribution in [3.8, 4) is 0 Å². The van der Waals surface area contributed by atoms with Crippen molar-refractivity contribution in [2.45, 2.75) is 45.2 Å². The van der Waals surface area contributed by atoms with Crippen LogP contribution in [0.1, 0.15) is 49.3 Å². The molecule has 1 saturated heterocycles. The summed E-state index contributed by atoms with van der Waals surface area (Å²) in [6.45, 7) is 6.25. The van der Waals surface area contributed by atoms with Crippen molar-refractivity contribution in [2.75, 3.05) is 19.6 Å². The molecule has 142 valence electrons. The second kappa shape index (κ2) is 7.06. The molecule has 0 aliphatic carbocycles. The number of benzene rings is 1. The molecule has 1 aliphatic rings. The average Bonchev–Trinajstić information content (AvgIpc) is 3.07. The van der Waals surface area contributed by atoms with Gasteiger partial charge in [0, 0.05) is 24.5 Å². The number of rotatable bonds is 4. The van der Waals surface area contributed by atoms with Gasteiger partial charge in [0.2, 0.25) is 0 Å². The van der Waals surface area contributed by atoms with Gasteiger partial charge in [0.15, 0.2) is 0 Å². The molecule has 1 fully saturated rings. The first kappa shape index (κ1) is 19.0. The van der Waals surface area contributed by atoms with Gasteiger partial charge < -0.3 is 9.47 Å². The van der Waals surface area contributed by atoms with Crippen LogP contribution in [0.3, 0.4) is 0 Å². The number of hydrogen-bond acceptors (Lipinski definition) is 2. The smallest absolute Gasteiger partial charge is 0.311 e. The van der Waals surface area contributed by atoms with Crippen LogP contribution in [0.25, 0.3) is 10.9 Å². The number of alkyl halides is 3. The first-order chi connectivity index (χ1) is 12.2. The number of aromatic nitrogens is 1. The predicted octanol–water partition coefficient (Wildman–Crippen LogP) is 4.32. The van der Waals surface area contributed by atoms with Gasteiger partial charge in [-0.3, -0.25) is 4.79 Å². The minimum atomic E-state index is -4.56. The molecule has 26 heavy (non-hydrogen) atoms. The molecular formula is C20H25F3N2O. The van der Waals surface area contributed by atoms with Crippen LogP contribution in [0.2, 0.25) is 0 Å². The van der Waals surface area contributed by atoms with E-state index in [1.165, 1.54) is 17.4 Å². The van der Waals surface area contributed by atoms with Crippen LogP contribution in [0, 0.1) is 0 Å². The number of halogens is 3. The molecule has 0 atom stereocenters. The van der Waals surface area contributed by atoms with E-state index in [4.69, 9.17) is 0 Å². The van der Waals surface area contributed by atoms with Gasteiger partial charge in [-0.2, -0.15) is 13.2 Å². The third-order valence-electron chi connectivity index (χ3n) is 5.27. The minimum absolute atomic E-state index is 0.127. The van der Waals surface area contributed by atoms with Crippen LogP contribution in [-0.2, 0) is 19.6 Å². The summed E-state index contributed by atoms with van der Waals surface area (Å²) in [5.41, 5.74) is -0.276. The van der Waals surface area contributed by atoms with Crippen molar-refractivity contribution in [2.24, 2.45) is 7.05 Å². The first-order valence-electron chi connectivity index (χ1n) is 9.15. The quantitative estimate of drug-likeness (QED) is 0.805. The molecule has 1 aliphatic heterocycles. The topological polar surface area (TPSA) is 25.2 Å². The molecule has 0 spiro atoms. The van der Waals surface area contributed by atoms with Crippen molar-refractivity contribution in [1.29, 1.82) is 0 Å². The standard InChI is InChI=1S/C20H25F3N2O/c1-13(2)17-18(20(21,22)23)15-12-14(8-11-25-9-4-5-10-25)6-7-16(15)24(3)19(17)26/h6-7,12-13H,4-5,8-11H2,1-3H3. The summed E-state index contributed by atoms with van der Waals surface area (Å²) < 4.78 is 42.9. The molecule has 0 radical (unpaired) electrons. The van der Waals surface area contributed by atoms with Crippen molar-refractivity contribution < 1.29 is 13.2 Å². The Morgan fingerprint density at radius 1 is 1.15 bits per heavy atom. The fraction of sp³-hybridized carbons (Fsp3) is 0.550. The lowest BCUT2D eigenvalue weighted by Crippen LogP contribution is -2.28. The molecule has 0 amide bonds. The Morgan fingerprint density at radius 2 is 1.81 bits per heavy atom. The lowest BCUT2D eigenvalue weighted by Gasteiger charge is -2.20. The number of aryl methyl sites for hydroxylation is 1. The van der Waals surface area contributed by atoms with Gasteiger partial charge in [0.05, 0.1) is 11.1 Å². The van der Waals surface area contributed by atoms with Crippen LogP contribution in [0.5, 0.6) is 0 Å². The molecular weight excluding hydrogens is 341 g/mol. The summed E-state index contributed by atoms with van der Waals surface area (Å²) in [7, 11) is 1.54.